The third kappa shape index (κ3) is 6.90. The van der Waals surface area contributed by atoms with E-state index >= 15 is 0 Å². The van der Waals surface area contributed by atoms with Crippen LogP contribution in [0.3, 0.4) is 0 Å². The summed E-state index contributed by atoms with van der Waals surface area (Å²) in [5.74, 6) is 0.942. The average Bonchev–Trinajstić information content (AvgIpc) is 3.62. The van der Waals surface area contributed by atoms with Crippen molar-refractivity contribution in [2.75, 3.05) is 38.7 Å². The van der Waals surface area contributed by atoms with Crippen molar-refractivity contribution in [1.29, 1.82) is 0 Å². The van der Waals surface area contributed by atoms with Crippen molar-refractivity contribution in [3.05, 3.63) is 83.3 Å². The number of benzene rings is 2. The molecule has 0 aliphatic carbocycles. The maximum Gasteiger partial charge on any atom is 0.317 e. The first-order chi connectivity index (χ1) is 18.8. The monoisotopic (exact) mass is 533 g/mol. The van der Waals surface area contributed by atoms with Crippen LogP contribution < -0.4 is 11.1 Å². The fourth-order valence-corrected chi connectivity index (χ4v) is 4.70. The van der Waals surface area contributed by atoms with Crippen molar-refractivity contribution < 1.29 is 13.9 Å². The van der Waals surface area contributed by atoms with Crippen LogP contribution in [0.5, 0.6) is 0 Å². The lowest BCUT2D eigenvalue weighted by molar-refractivity contribution is 0.160. The van der Waals surface area contributed by atoms with Crippen molar-refractivity contribution in [3.8, 4) is 17.1 Å². The van der Waals surface area contributed by atoms with Gasteiger partial charge < -0.3 is 15.4 Å². The molecule has 1 atom stereocenters. The minimum absolute atomic E-state index is 0.155. The number of halogens is 1. The van der Waals surface area contributed by atoms with Gasteiger partial charge in [0.15, 0.2) is 0 Å². The van der Waals surface area contributed by atoms with E-state index in [0.717, 1.165) is 55.3 Å². The largest absolute Gasteiger partial charge is 0.383 e. The Morgan fingerprint density at radius 1 is 1.13 bits per heavy atom. The number of likely N-dealkylation sites (tertiary alicyclic amines) is 1. The molecule has 10 heteroatoms. The lowest BCUT2D eigenvalue weighted by Gasteiger charge is -2.15. The number of nitrogens with two attached hydrogens (primary N) is 1. The number of carbonyl (C=O) groups is 1. The number of urea groups is 1. The maximum absolute atomic E-state index is 12.8. The number of primary amides is 1. The number of rotatable bonds is 7. The number of aryl methyl sites for hydroxylation is 2. The molecular weight excluding hydrogens is 497 g/mol. The Kier molecular flexibility index (Phi) is 9.11. The standard InChI is InChI=1S/C16H18N6O.C13H18FNO/c1-10-9-13(19-21(10)3)14-11(2)15(18-16(17)23)22(20-14)12-7-5-4-6-8-12;1-16-9-8-15-7-6-12(10-15)11-2-4-13(14)5-3-11/h4-9H,1-3H3,(H3,17,18,23);2-5,12H,6-10H2,1H3. The predicted octanol–water partition coefficient (Wildman–Crippen LogP) is 4.64. The summed E-state index contributed by atoms with van der Waals surface area (Å²) in [7, 11) is 3.61. The molecule has 1 unspecified atom stereocenters. The van der Waals surface area contributed by atoms with Crippen molar-refractivity contribution in [2.24, 2.45) is 12.8 Å². The summed E-state index contributed by atoms with van der Waals surface area (Å²) in [6.45, 7) is 7.82. The summed E-state index contributed by atoms with van der Waals surface area (Å²) in [4.78, 5) is 13.8. The van der Waals surface area contributed by atoms with E-state index in [0.29, 0.717) is 17.4 Å². The minimum Gasteiger partial charge on any atom is -0.383 e. The molecule has 1 saturated heterocycles. The van der Waals surface area contributed by atoms with E-state index < -0.39 is 6.03 Å². The molecule has 0 radical (unpaired) electrons. The van der Waals surface area contributed by atoms with Crippen LogP contribution in [0.15, 0.2) is 60.7 Å². The Morgan fingerprint density at radius 2 is 1.85 bits per heavy atom. The van der Waals surface area contributed by atoms with Gasteiger partial charge in [-0.25, -0.2) is 13.9 Å². The van der Waals surface area contributed by atoms with Crippen molar-refractivity contribution in [2.45, 2.75) is 26.2 Å². The molecule has 1 aliphatic rings. The zero-order chi connectivity index (χ0) is 27.9. The van der Waals surface area contributed by atoms with Gasteiger partial charge in [0.2, 0.25) is 0 Å². The second-order valence-electron chi connectivity index (χ2n) is 9.68. The number of nitrogens with zero attached hydrogens (tertiary/aromatic N) is 5. The van der Waals surface area contributed by atoms with Crippen LogP contribution in [0, 0.1) is 19.7 Å². The molecule has 2 amide bonds. The SMILES string of the molecule is COCCN1CCC(c2ccc(F)cc2)C1.Cc1c(-c2cc(C)n(C)n2)nn(-c2ccccc2)c1NC(N)=O. The molecule has 2 aromatic heterocycles. The van der Waals surface area contributed by atoms with Crippen LogP contribution in [0.25, 0.3) is 17.1 Å². The van der Waals surface area contributed by atoms with Crippen molar-refractivity contribution in [1.82, 2.24) is 24.5 Å². The number of nitrogens with one attached hydrogen (secondary N) is 1. The lowest BCUT2D eigenvalue weighted by atomic mass is 9.99. The molecule has 4 aromatic rings. The van der Waals surface area contributed by atoms with Crippen molar-refractivity contribution >= 4 is 11.8 Å². The van der Waals surface area contributed by atoms with Gasteiger partial charge in [-0.05, 0) is 68.6 Å². The van der Waals surface area contributed by atoms with E-state index in [1.165, 1.54) is 5.56 Å². The highest BCUT2D eigenvalue weighted by Crippen LogP contribution is 2.30. The molecule has 2 aromatic carbocycles. The number of anilines is 1. The number of methoxy groups -OCH3 is 1. The average molecular weight is 534 g/mol. The van der Waals surface area contributed by atoms with E-state index in [9.17, 15) is 9.18 Å². The number of hydrogen-bond donors (Lipinski definition) is 2. The fraction of sp³-hybridized carbons (Fsp3) is 0.345. The van der Waals surface area contributed by atoms with E-state index in [4.69, 9.17) is 10.5 Å². The topological polar surface area (TPSA) is 103 Å². The van der Waals surface area contributed by atoms with Gasteiger partial charge in [-0.15, -0.1) is 0 Å². The molecule has 39 heavy (non-hydrogen) atoms. The summed E-state index contributed by atoms with van der Waals surface area (Å²) in [6, 6.07) is 17.8. The molecule has 0 spiro atoms. The summed E-state index contributed by atoms with van der Waals surface area (Å²) in [6.07, 6.45) is 1.16. The first kappa shape index (κ1) is 28.0. The predicted molar refractivity (Wildman–Crippen MR) is 151 cm³/mol. The van der Waals surface area contributed by atoms with E-state index in [1.807, 2.05) is 69.4 Å². The summed E-state index contributed by atoms with van der Waals surface area (Å²) in [5.41, 5.74) is 10.7. The Balaban J connectivity index is 0.000000193. The number of hydrogen-bond acceptors (Lipinski definition) is 5. The van der Waals surface area contributed by atoms with Gasteiger partial charge in [0, 0.05) is 38.5 Å². The molecule has 3 N–H and O–H groups in total. The van der Waals surface area contributed by atoms with Gasteiger partial charge >= 0.3 is 6.03 Å². The lowest BCUT2D eigenvalue weighted by Crippen LogP contribution is -2.24. The highest BCUT2D eigenvalue weighted by Gasteiger charge is 2.23. The minimum atomic E-state index is -0.631. The Labute approximate surface area is 228 Å². The number of carbonyl (C=O) groups excluding carboxylic acids is 1. The second kappa shape index (κ2) is 12.7. The summed E-state index contributed by atoms with van der Waals surface area (Å²) < 4.78 is 21.3. The Hall–Kier alpha value is -4.02. The molecule has 0 bridgehead atoms. The molecule has 5 rings (SSSR count). The van der Waals surface area contributed by atoms with E-state index in [1.54, 1.807) is 28.6 Å². The van der Waals surface area contributed by atoms with Gasteiger partial charge in [0.25, 0.3) is 0 Å². The van der Waals surface area contributed by atoms with Crippen LogP contribution in [-0.2, 0) is 11.8 Å². The van der Waals surface area contributed by atoms with Gasteiger partial charge in [-0.2, -0.15) is 10.2 Å². The smallest absolute Gasteiger partial charge is 0.317 e. The quantitative estimate of drug-likeness (QED) is 0.360. The third-order valence-electron chi connectivity index (χ3n) is 6.95. The van der Waals surface area contributed by atoms with Crippen LogP contribution in [-0.4, -0.2) is 63.8 Å². The maximum atomic E-state index is 12.8. The first-order valence-electron chi connectivity index (χ1n) is 13.0. The van der Waals surface area contributed by atoms with Gasteiger partial charge in [-0.3, -0.25) is 10.00 Å². The van der Waals surface area contributed by atoms with E-state index in [2.05, 4.69) is 20.4 Å². The fourth-order valence-electron chi connectivity index (χ4n) is 4.70. The van der Waals surface area contributed by atoms with E-state index in [-0.39, 0.29) is 5.82 Å². The summed E-state index contributed by atoms with van der Waals surface area (Å²) >= 11 is 0. The molecule has 0 saturated carbocycles. The number of aromatic nitrogens is 4. The second-order valence-corrected chi connectivity index (χ2v) is 9.68. The van der Waals surface area contributed by atoms with Gasteiger partial charge in [-0.1, -0.05) is 30.3 Å². The van der Waals surface area contributed by atoms with Crippen LogP contribution >= 0.6 is 0 Å². The Bertz CT molecular complexity index is 1360. The number of para-hydroxylation sites is 1. The normalized spacial score (nSPS) is 15.2. The first-order valence-corrected chi connectivity index (χ1v) is 13.0. The molecular formula is C29H36FN7O2. The zero-order valence-electron chi connectivity index (χ0n) is 22.9. The zero-order valence-corrected chi connectivity index (χ0v) is 22.9. The van der Waals surface area contributed by atoms with Crippen LogP contribution in [0.4, 0.5) is 15.0 Å². The molecule has 1 fully saturated rings. The Morgan fingerprint density at radius 3 is 2.46 bits per heavy atom. The molecule has 3 heterocycles. The van der Waals surface area contributed by atoms with Gasteiger partial charge in [0.05, 0.1) is 12.3 Å². The summed E-state index contributed by atoms with van der Waals surface area (Å²) in [5, 5.41) is 11.8. The van der Waals surface area contributed by atoms with Crippen molar-refractivity contribution in [3.63, 3.8) is 0 Å². The molecule has 1 aliphatic heterocycles. The number of ether oxygens (including phenoxy) is 1. The highest BCUT2D eigenvalue weighted by molar-refractivity contribution is 5.89. The highest BCUT2D eigenvalue weighted by atomic mass is 19.1. The van der Waals surface area contributed by atoms with Crippen LogP contribution in [0.2, 0.25) is 0 Å². The van der Waals surface area contributed by atoms with Crippen LogP contribution in [0.1, 0.15) is 29.2 Å². The van der Waals surface area contributed by atoms with Gasteiger partial charge in [0.1, 0.15) is 23.0 Å². The third-order valence-corrected chi connectivity index (χ3v) is 6.95. The molecule has 206 valence electrons. The molecule has 9 nitrogen and oxygen atoms in total. The number of amides is 2.